The second-order valence-electron chi connectivity index (χ2n) is 3.62. The summed E-state index contributed by atoms with van der Waals surface area (Å²) in [4.78, 5) is 0.785. The molecule has 3 rings (SSSR count). The van der Waals surface area contributed by atoms with Crippen molar-refractivity contribution in [1.29, 1.82) is 0 Å². The molecule has 0 bridgehead atoms. The fraction of sp³-hybridized carbons (Fsp3) is 0. The van der Waals surface area contributed by atoms with Crippen molar-refractivity contribution in [3.05, 3.63) is 46.9 Å². The van der Waals surface area contributed by atoms with Crippen molar-refractivity contribution in [2.24, 2.45) is 0 Å². The molecule has 0 saturated carbocycles. The van der Waals surface area contributed by atoms with E-state index in [-0.39, 0.29) is 0 Å². The number of halogens is 1. The predicted molar refractivity (Wildman–Crippen MR) is 65.0 cm³/mol. The molecular formula is C12H7BrO2S. The van der Waals surface area contributed by atoms with Crippen LogP contribution >= 0.6 is 15.9 Å². The molecular weight excluding hydrogens is 288 g/mol. The first-order valence-electron chi connectivity index (χ1n) is 4.75. The summed E-state index contributed by atoms with van der Waals surface area (Å²) in [5.74, 6) is 0. The molecule has 0 saturated heterocycles. The van der Waals surface area contributed by atoms with Crippen molar-refractivity contribution in [3.63, 3.8) is 0 Å². The number of rotatable bonds is 0. The average molecular weight is 295 g/mol. The first kappa shape index (κ1) is 10.1. The van der Waals surface area contributed by atoms with Crippen LogP contribution in [0.4, 0.5) is 0 Å². The Kier molecular flexibility index (Phi) is 2.00. The van der Waals surface area contributed by atoms with Gasteiger partial charge in [-0.1, -0.05) is 30.3 Å². The van der Waals surface area contributed by atoms with Crippen molar-refractivity contribution < 1.29 is 8.42 Å². The largest absolute Gasteiger partial charge is 0.218 e. The van der Waals surface area contributed by atoms with E-state index in [1.165, 1.54) is 0 Å². The molecule has 0 radical (unpaired) electrons. The lowest BCUT2D eigenvalue weighted by Crippen LogP contribution is -1.97. The highest BCUT2D eigenvalue weighted by Crippen LogP contribution is 2.45. The molecule has 1 heterocycles. The lowest BCUT2D eigenvalue weighted by molar-refractivity contribution is 0.598. The Morgan fingerprint density at radius 2 is 1.56 bits per heavy atom. The summed E-state index contributed by atoms with van der Waals surface area (Å²) in [7, 11) is -3.34. The molecule has 2 aromatic carbocycles. The Balaban J connectivity index is 2.55. The maximum atomic E-state index is 12.3. The Morgan fingerprint density at radius 3 is 2.38 bits per heavy atom. The summed E-state index contributed by atoms with van der Waals surface area (Å²) in [6, 6.07) is 12.5. The van der Waals surface area contributed by atoms with Gasteiger partial charge in [-0.15, -0.1) is 0 Å². The summed E-state index contributed by atoms with van der Waals surface area (Å²) in [6.07, 6.45) is 0. The van der Waals surface area contributed by atoms with Gasteiger partial charge in [-0.2, -0.15) is 0 Å². The molecule has 1 aliphatic heterocycles. The average Bonchev–Trinajstić information content (AvgIpc) is 2.50. The van der Waals surface area contributed by atoms with Crippen LogP contribution in [0.3, 0.4) is 0 Å². The van der Waals surface area contributed by atoms with Crippen molar-refractivity contribution in [3.8, 4) is 11.1 Å². The SMILES string of the molecule is O=S1(=O)c2ccccc2-c2cccc(Br)c21. The Hall–Kier alpha value is -1.13. The highest BCUT2D eigenvalue weighted by molar-refractivity contribution is 9.10. The number of fused-ring (bicyclic) bond motifs is 3. The van der Waals surface area contributed by atoms with Crippen molar-refractivity contribution in [1.82, 2.24) is 0 Å². The van der Waals surface area contributed by atoms with E-state index in [0.29, 0.717) is 14.3 Å². The predicted octanol–water partition coefficient (Wildman–Crippen LogP) is 3.26. The second kappa shape index (κ2) is 3.18. The van der Waals surface area contributed by atoms with Gasteiger partial charge in [-0.3, -0.25) is 0 Å². The van der Waals surface area contributed by atoms with Crippen LogP contribution < -0.4 is 0 Å². The van der Waals surface area contributed by atoms with Crippen LogP contribution in [0.15, 0.2) is 56.7 Å². The molecule has 2 nitrogen and oxygen atoms in total. The smallest absolute Gasteiger partial charge is 0.208 e. The summed E-state index contributed by atoms with van der Waals surface area (Å²) in [5.41, 5.74) is 1.57. The van der Waals surface area contributed by atoms with Gasteiger partial charge in [0, 0.05) is 15.6 Å². The monoisotopic (exact) mass is 294 g/mol. The minimum Gasteiger partial charge on any atom is -0.218 e. The molecule has 2 aromatic rings. The van der Waals surface area contributed by atoms with Crippen molar-refractivity contribution in [2.45, 2.75) is 9.79 Å². The fourth-order valence-corrected chi connectivity index (χ4v) is 4.77. The summed E-state index contributed by atoms with van der Waals surface area (Å²) >= 11 is 3.30. The molecule has 80 valence electrons. The third-order valence-corrected chi connectivity index (χ3v) is 5.54. The van der Waals surface area contributed by atoms with Gasteiger partial charge < -0.3 is 0 Å². The molecule has 1 aliphatic rings. The molecule has 4 heteroatoms. The van der Waals surface area contributed by atoms with Crippen LogP contribution in [0.5, 0.6) is 0 Å². The molecule has 0 fully saturated rings. The summed E-state index contributed by atoms with van der Waals surface area (Å²) in [6.45, 7) is 0. The zero-order valence-corrected chi connectivity index (χ0v) is 10.5. The Labute approximate surface area is 102 Å². The Morgan fingerprint density at radius 1 is 0.875 bits per heavy atom. The van der Waals surface area contributed by atoms with Crippen LogP contribution in [0.1, 0.15) is 0 Å². The zero-order valence-electron chi connectivity index (χ0n) is 8.14. The molecule has 0 amide bonds. The van der Waals surface area contributed by atoms with Gasteiger partial charge in [-0.05, 0) is 28.1 Å². The van der Waals surface area contributed by atoms with Crippen LogP contribution in [0, 0.1) is 0 Å². The minimum absolute atomic E-state index is 0.385. The molecule has 0 aromatic heterocycles. The number of hydrogen-bond donors (Lipinski definition) is 0. The van der Waals surface area contributed by atoms with Crippen LogP contribution in [0.2, 0.25) is 0 Å². The third-order valence-electron chi connectivity index (χ3n) is 2.70. The highest BCUT2D eigenvalue weighted by Gasteiger charge is 2.33. The maximum absolute atomic E-state index is 12.3. The first-order chi connectivity index (χ1) is 7.62. The summed E-state index contributed by atoms with van der Waals surface area (Å²) < 4.78 is 25.2. The van der Waals surface area contributed by atoms with Gasteiger partial charge in [0.2, 0.25) is 9.84 Å². The molecule has 0 aliphatic carbocycles. The van der Waals surface area contributed by atoms with Gasteiger partial charge in [0.15, 0.2) is 0 Å². The van der Waals surface area contributed by atoms with Gasteiger partial charge >= 0.3 is 0 Å². The summed E-state index contributed by atoms with van der Waals surface area (Å²) in [5, 5.41) is 0. The third kappa shape index (κ3) is 1.14. The van der Waals surface area contributed by atoms with E-state index in [9.17, 15) is 8.42 Å². The number of sulfone groups is 1. The van der Waals surface area contributed by atoms with Gasteiger partial charge in [-0.25, -0.2) is 8.42 Å². The normalized spacial score (nSPS) is 15.6. The van der Waals surface area contributed by atoms with E-state index < -0.39 is 9.84 Å². The lowest BCUT2D eigenvalue weighted by atomic mass is 10.1. The Bertz CT molecular complexity index is 690. The standard InChI is InChI=1S/C12H7BrO2S/c13-10-6-3-5-9-8-4-1-2-7-11(8)16(14,15)12(9)10/h1-7H. The molecule has 0 unspecified atom stereocenters. The van der Waals surface area contributed by atoms with E-state index >= 15 is 0 Å². The van der Waals surface area contributed by atoms with E-state index in [0.717, 1.165) is 11.1 Å². The van der Waals surface area contributed by atoms with Gasteiger partial charge in [0.05, 0.1) is 9.79 Å². The van der Waals surface area contributed by atoms with E-state index in [2.05, 4.69) is 15.9 Å². The number of benzene rings is 2. The van der Waals surface area contributed by atoms with Crippen LogP contribution in [0.25, 0.3) is 11.1 Å². The van der Waals surface area contributed by atoms with Gasteiger partial charge in [0.1, 0.15) is 0 Å². The van der Waals surface area contributed by atoms with Crippen LogP contribution in [-0.4, -0.2) is 8.42 Å². The van der Waals surface area contributed by atoms with Crippen molar-refractivity contribution in [2.75, 3.05) is 0 Å². The number of hydrogen-bond acceptors (Lipinski definition) is 2. The van der Waals surface area contributed by atoms with E-state index in [4.69, 9.17) is 0 Å². The highest BCUT2D eigenvalue weighted by atomic mass is 79.9. The van der Waals surface area contributed by atoms with E-state index in [1.807, 2.05) is 24.3 Å². The molecule has 16 heavy (non-hydrogen) atoms. The molecule has 0 N–H and O–H groups in total. The van der Waals surface area contributed by atoms with E-state index in [1.54, 1.807) is 18.2 Å². The zero-order chi connectivity index (χ0) is 11.3. The topological polar surface area (TPSA) is 34.1 Å². The maximum Gasteiger partial charge on any atom is 0.208 e. The first-order valence-corrected chi connectivity index (χ1v) is 7.03. The van der Waals surface area contributed by atoms with Crippen molar-refractivity contribution >= 4 is 25.8 Å². The van der Waals surface area contributed by atoms with Crippen LogP contribution in [-0.2, 0) is 9.84 Å². The minimum atomic E-state index is -3.34. The van der Waals surface area contributed by atoms with Gasteiger partial charge in [0.25, 0.3) is 0 Å². The molecule has 0 spiro atoms. The molecule has 0 atom stereocenters. The fourth-order valence-electron chi connectivity index (χ4n) is 2.03. The lowest BCUT2D eigenvalue weighted by Gasteiger charge is -2.00. The quantitative estimate of drug-likeness (QED) is 0.638. The second-order valence-corrected chi connectivity index (χ2v) is 6.33.